The second-order valence-electron chi connectivity index (χ2n) is 7.78. The number of thioether (sulfide) groups is 1. The number of hydrogen-bond acceptors (Lipinski definition) is 7. The predicted molar refractivity (Wildman–Crippen MR) is 142 cm³/mol. The van der Waals surface area contributed by atoms with Gasteiger partial charge < -0.3 is 4.74 Å². The minimum atomic E-state index is -0.933. The first-order valence-corrected chi connectivity index (χ1v) is 12.2. The van der Waals surface area contributed by atoms with Crippen LogP contribution in [0.15, 0.2) is 106 Å². The lowest BCUT2D eigenvalue weighted by Gasteiger charge is -2.43. The number of benzene rings is 3. The number of hydrazone groups is 2. The third-order valence-corrected chi connectivity index (χ3v) is 7.21. The summed E-state index contributed by atoms with van der Waals surface area (Å²) < 4.78 is 6.02. The van der Waals surface area contributed by atoms with Crippen molar-refractivity contribution < 1.29 is 9.53 Å². The molecule has 0 fully saturated rings. The monoisotopic (exact) mass is 532 g/mol. The fourth-order valence-corrected chi connectivity index (χ4v) is 5.28. The summed E-state index contributed by atoms with van der Waals surface area (Å²) in [6.45, 7) is 2.03. The minimum Gasteiger partial charge on any atom is -0.464 e. The molecule has 0 aliphatic carbocycles. The standard InChI is InChI=1S/C26H21BrN4O2S/c1-18-7-6-10-22(17-18)31-26(34-24(29-31)25(32)33-2)16-15-23(19-11-13-20(27)14-12-19)28-30(26)21-8-4-3-5-9-21/h3-17H,1-2H3. The number of ether oxygens (including phenoxy) is 1. The highest BCUT2D eigenvalue weighted by atomic mass is 79.9. The third-order valence-electron chi connectivity index (χ3n) is 5.46. The zero-order chi connectivity index (χ0) is 23.7. The van der Waals surface area contributed by atoms with E-state index >= 15 is 0 Å². The molecular formula is C26H21BrN4O2S. The van der Waals surface area contributed by atoms with Gasteiger partial charge in [0.05, 0.1) is 24.2 Å². The maximum atomic E-state index is 12.6. The molecule has 5 rings (SSSR count). The molecule has 0 bridgehead atoms. The SMILES string of the molecule is COC(=O)C1=NN(c2cccc(C)c2)C2(C=CC(c3ccc(Br)cc3)=NN2c2ccccc2)S1. The molecule has 1 spiro atoms. The van der Waals surface area contributed by atoms with Gasteiger partial charge >= 0.3 is 5.97 Å². The van der Waals surface area contributed by atoms with Gasteiger partial charge in [-0.15, -0.1) is 0 Å². The van der Waals surface area contributed by atoms with Crippen LogP contribution in [-0.2, 0) is 9.53 Å². The zero-order valence-electron chi connectivity index (χ0n) is 18.6. The van der Waals surface area contributed by atoms with Crippen LogP contribution in [0.2, 0.25) is 0 Å². The lowest BCUT2D eigenvalue weighted by atomic mass is 10.1. The summed E-state index contributed by atoms with van der Waals surface area (Å²) in [7, 11) is 1.36. The van der Waals surface area contributed by atoms with E-state index in [-0.39, 0.29) is 5.04 Å². The fourth-order valence-electron chi connectivity index (χ4n) is 3.84. The van der Waals surface area contributed by atoms with E-state index in [0.717, 1.165) is 32.7 Å². The molecule has 0 aromatic heterocycles. The van der Waals surface area contributed by atoms with E-state index in [1.807, 2.05) is 108 Å². The molecule has 34 heavy (non-hydrogen) atoms. The molecule has 1 atom stereocenters. The molecule has 3 aromatic carbocycles. The van der Waals surface area contributed by atoms with Crippen molar-refractivity contribution >= 4 is 55.8 Å². The number of nitrogens with zero attached hydrogens (tertiary/aromatic N) is 4. The largest absolute Gasteiger partial charge is 0.464 e. The number of carbonyl (C=O) groups is 1. The van der Waals surface area contributed by atoms with Gasteiger partial charge in [-0.2, -0.15) is 10.2 Å². The molecule has 8 heteroatoms. The Bertz CT molecular complexity index is 1320. The Morgan fingerprint density at radius 3 is 2.35 bits per heavy atom. The molecule has 3 aromatic rings. The Balaban J connectivity index is 1.67. The van der Waals surface area contributed by atoms with Crippen LogP contribution >= 0.6 is 27.7 Å². The average molecular weight is 533 g/mol. The molecule has 2 aliphatic heterocycles. The number of allylic oxidation sites excluding steroid dienone is 1. The first-order chi connectivity index (χ1) is 16.5. The number of para-hydroxylation sites is 1. The van der Waals surface area contributed by atoms with Gasteiger partial charge in [0.2, 0.25) is 10.0 Å². The van der Waals surface area contributed by atoms with Crippen LogP contribution in [0.3, 0.4) is 0 Å². The molecule has 170 valence electrons. The third kappa shape index (κ3) is 4.03. The van der Waals surface area contributed by atoms with Crippen LogP contribution in [0.5, 0.6) is 0 Å². The summed E-state index contributed by atoms with van der Waals surface area (Å²) in [5.41, 5.74) is 4.59. The summed E-state index contributed by atoms with van der Waals surface area (Å²) in [6.07, 6.45) is 4.02. The highest BCUT2D eigenvalue weighted by Crippen LogP contribution is 2.48. The van der Waals surface area contributed by atoms with Gasteiger partial charge in [-0.25, -0.2) is 14.8 Å². The van der Waals surface area contributed by atoms with Crippen molar-refractivity contribution in [2.45, 2.75) is 11.9 Å². The number of esters is 1. The van der Waals surface area contributed by atoms with Gasteiger partial charge in [0, 0.05) is 10.0 Å². The number of anilines is 2. The topological polar surface area (TPSA) is 57.5 Å². The van der Waals surface area contributed by atoms with E-state index in [1.165, 1.54) is 18.9 Å². The molecule has 0 saturated carbocycles. The fraction of sp³-hybridized carbons (Fsp3) is 0.115. The number of halogens is 1. The second kappa shape index (κ2) is 9.12. The Morgan fingerprint density at radius 2 is 1.65 bits per heavy atom. The van der Waals surface area contributed by atoms with Crippen LogP contribution in [-0.4, -0.2) is 28.8 Å². The quantitative estimate of drug-likeness (QED) is 0.389. The normalized spacial score (nSPS) is 19.3. The van der Waals surface area contributed by atoms with Crippen molar-refractivity contribution in [3.05, 3.63) is 107 Å². The van der Waals surface area contributed by atoms with Crippen LogP contribution in [0, 0.1) is 6.92 Å². The maximum Gasteiger partial charge on any atom is 0.365 e. The number of methoxy groups -OCH3 is 1. The van der Waals surface area contributed by atoms with E-state index in [9.17, 15) is 4.79 Å². The molecule has 0 saturated heterocycles. The van der Waals surface area contributed by atoms with E-state index in [4.69, 9.17) is 14.9 Å². The Labute approximate surface area is 210 Å². The summed E-state index contributed by atoms with van der Waals surface area (Å²) in [5, 5.41) is 13.8. The Hall–Kier alpha value is -3.36. The zero-order valence-corrected chi connectivity index (χ0v) is 21.0. The van der Waals surface area contributed by atoms with E-state index < -0.39 is 11.0 Å². The van der Waals surface area contributed by atoms with Crippen molar-refractivity contribution in [2.24, 2.45) is 10.2 Å². The molecule has 1 unspecified atom stereocenters. The minimum absolute atomic E-state index is 0.261. The smallest absolute Gasteiger partial charge is 0.365 e. The highest BCUT2D eigenvalue weighted by Gasteiger charge is 2.51. The van der Waals surface area contributed by atoms with Gasteiger partial charge in [-0.3, -0.25) is 0 Å². The summed E-state index contributed by atoms with van der Waals surface area (Å²) in [4.78, 5) is 11.6. The van der Waals surface area contributed by atoms with Crippen LogP contribution in [0.4, 0.5) is 11.4 Å². The van der Waals surface area contributed by atoms with E-state index in [1.54, 1.807) is 0 Å². The lowest BCUT2D eigenvalue weighted by molar-refractivity contribution is -0.132. The van der Waals surface area contributed by atoms with Crippen molar-refractivity contribution in [3.8, 4) is 0 Å². The number of carbonyl (C=O) groups excluding carboxylic acids is 1. The van der Waals surface area contributed by atoms with E-state index in [0.29, 0.717) is 0 Å². The van der Waals surface area contributed by atoms with Crippen LogP contribution in [0.25, 0.3) is 0 Å². The molecule has 2 aliphatic rings. The van der Waals surface area contributed by atoms with Gasteiger partial charge in [-0.1, -0.05) is 58.4 Å². The second-order valence-corrected chi connectivity index (χ2v) is 9.89. The van der Waals surface area contributed by atoms with E-state index in [2.05, 4.69) is 15.9 Å². The Morgan fingerprint density at radius 1 is 0.941 bits per heavy atom. The first-order valence-electron chi connectivity index (χ1n) is 10.6. The van der Waals surface area contributed by atoms with Crippen molar-refractivity contribution in [1.82, 2.24) is 0 Å². The maximum absolute atomic E-state index is 12.6. The molecular weight excluding hydrogens is 512 g/mol. The van der Waals surface area contributed by atoms with Crippen molar-refractivity contribution in [1.29, 1.82) is 0 Å². The predicted octanol–water partition coefficient (Wildman–Crippen LogP) is 5.93. The first kappa shape index (κ1) is 22.4. The summed E-state index contributed by atoms with van der Waals surface area (Å²) in [5.74, 6) is -0.483. The summed E-state index contributed by atoms with van der Waals surface area (Å²) >= 11 is 4.80. The van der Waals surface area contributed by atoms with Gasteiger partial charge in [0.25, 0.3) is 0 Å². The van der Waals surface area contributed by atoms with Crippen LogP contribution < -0.4 is 10.0 Å². The Kier molecular flexibility index (Phi) is 6.02. The molecule has 6 nitrogen and oxygen atoms in total. The summed E-state index contributed by atoms with van der Waals surface area (Å²) in [6, 6.07) is 25.9. The number of hydrogen-bond donors (Lipinski definition) is 0. The molecule has 0 amide bonds. The van der Waals surface area contributed by atoms with Gasteiger partial charge in [0.1, 0.15) is 0 Å². The van der Waals surface area contributed by atoms with Gasteiger partial charge in [0.15, 0.2) is 0 Å². The average Bonchev–Trinajstić information content (AvgIpc) is 3.24. The van der Waals surface area contributed by atoms with Gasteiger partial charge in [-0.05, 0) is 72.8 Å². The number of aryl methyl sites for hydroxylation is 1. The van der Waals surface area contributed by atoms with Crippen molar-refractivity contribution in [3.63, 3.8) is 0 Å². The lowest BCUT2D eigenvalue weighted by Crippen LogP contribution is -2.53. The highest BCUT2D eigenvalue weighted by molar-refractivity contribution is 9.10. The number of rotatable bonds is 4. The molecule has 2 heterocycles. The molecule has 0 radical (unpaired) electrons. The van der Waals surface area contributed by atoms with Crippen molar-refractivity contribution in [2.75, 3.05) is 17.1 Å². The molecule has 0 N–H and O–H groups in total. The van der Waals surface area contributed by atoms with Crippen LogP contribution in [0.1, 0.15) is 11.1 Å².